The molecule has 0 bridgehead atoms. The second-order valence-electron chi connectivity index (χ2n) is 4.79. The van der Waals surface area contributed by atoms with Gasteiger partial charge in [0.25, 0.3) is 0 Å². The van der Waals surface area contributed by atoms with E-state index in [4.69, 9.17) is 0 Å². The van der Waals surface area contributed by atoms with Crippen molar-refractivity contribution in [3.05, 3.63) is 11.6 Å². The molecule has 68 valence electrons. The molecule has 0 N–H and O–H groups in total. The molecule has 0 aromatic heterocycles. The van der Waals surface area contributed by atoms with Gasteiger partial charge in [-0.15, -0.1) is 0 Å². The molecule has 0 radical (unpaired) electrons. The fourth-order valence-corrected chi connectivity index (χ4v) is 3.24. The third kappa shape index (κ3) is 1.04. The van der Waals surface area contributed by atoms with E-state index in [1.807, 2.05) is 5.57 Å². The quantitative estimate of drug-likeness (QED) is 0.515. The molecular weight excluding hydrogens is 144 g/mol. The Bertz CT molecular complexity index is 200. The standard InChI is InChI=1S/C12H20/c1-10(2)12-8-4-3-6-11(12)7-5-9-12/h6,10H,3-5,7-9H2,1-2H3. The van der Waals surface area contributed by atoms with Crippen molar-refractivity contribution in [3.8, 4) is 0 Å². The van der Waals surface area contributed by atoms with E-state index in [0.717, 1.165) is 5.92 Å². The number of fused-ring (bicyclic) bond motifs is 1. The fraction of sp³-hybridized carbons (Fsp3) is 0.833. The van der Waals surface area contributed by atoms with E-state index < -0.39 is 0 Å². The van der Waals surface area contributed by atoms with Crippen LogP contribution in [0, 0.1) is 11.3 Å². The Hall–Kier alpha value is -0.260. The largest absolute Gasteiger partial charge is 0.0848 e. The van der Waals surface area contributed by atoms with Crippen molar-refractivity contribution < 1.29 is 0 Å². The van der Waals surface area contributed by atoms with Crippen LogP contribution in [0.3, 0.4) is 0 Å². The maximum atomic E-state index is 2.54. The highest BCUT2D eigenvalue weighted by atomic mass is 14.5. The Morgan fingerprint density at radius 1 is 1.25 bits per heavy atom. The van der Waals surface area contributed by atoms with Gasteiger partial charge in [0.1, 0.15) is 0 Å². The smallest absolute Gasteiger partial charge is 0.00649 e. The first-order valence-corrected chi connectivity index (χ1v) is 5.45. The van der Waals surface area contributed by atoms with Crippen molar-refractivity contribution in [1.29, 1.82) is 0 Å². The topological polar surface area (TPSA) is 0 Å². The first-order valence-electron chi connectivity index (χ1n) is 5.45. The Labute approximate surface area is 76.1 Å². The molecule has 0 aromatic rings. The highest BCUT2D eigenvalue weighted by Gasteiger charge is 2.41. The van der Waals surface area contributed by atoms with Crippen LogP contribution in [0.4, 0.5) is 0 Å². The summed E-state index contributed by atoms with van der Waals surface area (Å²) in [6.45, 7) is 4.81. The molecule has 2 aliphatic carbocycles. The third-order valence-electron chi connectivity index (χ3n) is 4.03. The lowest BCUT2D eigenvalue weighted by Gasteiger charge is -2.38. The molecule has 0 saturated heterocycles. The van der Waals surface area contributed by atoms with Crippen LogP contribution in [0.2, 0.25) is 0 Å². The first kappa shape index (κ1) is 8.34. The maximum absolute atomic E-state index is 2.54. The van der Waals surface area contributed by atoms with E-state index in [9.17, 15) is 0 Å². The average molecular weight is 164 g/mol. The number of hydrogen-bond donors (Lipinski definition) is 0. The summed E-state index contributed by atoms with van der Waals surface area (Å²) >= 11 is 0. The van der Waals surface area contributed by atoms with Crippen LogP contribution in [0.25, 0.3) is 0 Å². The zero-order valence-electron chi connectivity index (χ0n) is 8.40. The van der Waals surface area contributed by atoms with Crippen molar-refractivity contribution in [2.24, 2.45) is 11.3 Å². The van der Waals surface area contributed by atoms with Gasteiger partial charge in [0.2, 0.25) is 0 Å². The highest BCUT2D eigenvalue weighted by molar-refractivity contribution is 5.22. The van der Waals surface area contributed by atoms with Gasteiger partial charge >= 0.3 is 0 Å². The first-order chi connectivity index (χ1) is 5.76. The molecule has 0 heterocycles. The Kier molecular flexibility index (Phi) is 2.02. The average Bonchev–Trinajstić information content (AvgIpc) is 2.48. The van der Waals surface area contributed by atoms with Gasteiger partial charge in [0.05, 0.1) is 0 Å². The van der Waals surface area contributed by atoms with Crippen molar-refractivity contribution in [2.75, 3.05) is 0 Å². The van der Waals surface area contributed by atoms with Crippen molar-refractivity contribution in [2.45, 2.75) is 52.4 Å². The van der Waals surface area contributed by atoms with E-state index >= 15 is 0 Å². The van der Waals surface area contributed by atoms with Gasteiger partial charge in [0, 0.05) is 0 Å². The highest BCUT2D eigenvalue weighted by Crippen LogP contribution is 2.53. The van der Waals surface area contributed by atoms with Crippen molar-refractivity contribution >= 4 is 0 Å². The minimum Gasteiger partial charge on any atom is -0.0848 e. The SMILES string of the molecule is CC(C)C12CCCC=C1CCC2. The van der Waals surface area contributed by atoms with Crippen LogP contribution < -0.4 is 0 Å². The molecule has 1 saturated carbocycles. The molecule has 1 atom stereocenters. The van der Waals surface area contributed by atoms with Crippen LogP contribution in [-0.4, -0.2) is 0 Å². The van der Waals surface area contributed by atoms with Gasteiger partial charge in [-0.2, -0.15) is 0 Å². The molecule has 0 aromatic carbocycles. The van der Waals surface area contributed by atoms with Crippen LogP contribution in [0.15, 0.2) is 11.6 Å². The van der Waals surface area contributed by atoms with Gasteiger partial charge in [-0.1, -0.05) is 25.5 Å². The predicted molar refractivity (Wildman–Crippen MR) is 53.1 cm³/mol. The molecule has 0 nitrogen and oxygen atoms in total. The number of allylic oxidation sites excluding steroid dienone is 2. The summed E-state index contributed by atoms with van der Waals surface area (Å²) in [6, 6.07) is 0. The summed E-state index contributed by atoms with van der Waals surface area (Å²) in [6.07, 6.45) is 11.1. The van der Waals surface area contributed by atoms with E-state index in [0.29, 0.717) is 5.41 Å². The zero-order chi connectivity index (χ0) is 8.60. The summed E-state index contributed by atoms with van der Waals surface area (Å²) in [5, 5.41) is 0. The van der Waals surface area contributed by atoms with Crippen molar-refractivity contribution in [3.63, 3.8) is 0 Å². The monoisotopic (exact) mass is 164 g/mol. The number of hydrogen-bond acceptors (Lipinski definition) is 0. The third-order valence-corrected chi connectivity index (χ3v) is 4.03. The van der Waals surface area contributed by atoms with E-state index in [-0.39, 0.29) is 0 Å². The van der Waals surface area contributed by atoms with Crippen LogP contribution in [-0.2, 0) is 0 Å². The summed E-state index contributed by atoms with van der Waals surface area (Å²) in [5.41, 5.74) is 2.46. The van der Waals surface area contributed by atoms with Gasteiger partial charge < -0.3 is 0 Å². The van der Waals surface area contributed by atoms with Gasteiger partial charge in [-0.3, -0.25) is 0 Å². The van der Waals surface area contributed by atoms with Crippen LogP contribution in [0.1, 0.15) is 52.4 Å². The molecule has 2 rings (SSSR count). The predicted octanol–water partition coefficient (Wildman–Crippen LogP) is 3.92. The fourth-order valence-electron chi connectivity index (χ4n) is 3.24. The number of rotatable bonds is 1. The molecular formula is C12H20. The second-order valence-corrected chi connectivity index (χ2v) is 4.79. The molecule has 12 heavy (non-hydrogen) atoms. The molecule has 0 aliphatic heterocycles. The lowest BCUT2D eigenvalue weighted by atomic mass is 9.67. The zero-order valence-corrected chi connectivity index (χ0v) is 8.40. The van der Waals surface area contributed by atoms with Gasteiger partial charge in [-0.05, 0) is 49.9 Å². The Morgan fingerprint density at radius 2 is 2.00 bits per heavy atom. The minimum atomic E-state index is 0.651. The van der Waals surface area contributed by atoms with E-state index in [1.165, 1.54) is 38.5 Å². The maximum Gasteiger partial charge on any atom is -0.00649 e. The van der Waals surface area contributed by atoms with E-state index in [1.54, 1.807) is 0 Å². The van der Waals surface area contributed by atoms with Gasteiger partial charge in [-0.25, -0.2) is 0 Å². The molecule has 0 spiro atoms. The summed E-state index contributed by atoms with van der Waals surface area (Å²) < 4.78 is 0. The second kappa shape index (κ2) is 2.90. The normalized spacial score (nSPS) is 35.1. The Morgan fingerprint density at radius 3 is 2.67 bits per heavy atom. The lowest BCUT2D eigenvalue weighted by Crippen LogP contribution is -2.27. The summed E-state index contributed by atoms with van der Waals surface area (Å²) in [7, 11) is 0. The summed E-state index contributed by atoms with van der Waals surface area (Å²) in [5.74, 6) is 0.867. The Balaban J connectivity index is 2.30. The molecule has 1 unspecified atom stereocenters. The summed E-state index contributed by atoms with van der Waals surface area (Å²) in [4.78, 5) is 0. The van der Waals surface area contributed by atoms with E-state index in [2.05, 4.69) is 19.9 Å². The van der Waals surface area contributed by atoms with Gasteiger partial charge in [0.15, 0.2) is 0 Å². The molecule has 1 fully saturated rings. The lowest BCUT2D eigenvalue weighted by molar-refractivity contribution is 0.218. The van der Waals surface area contributed by atoms with Crippen LogP contribution in [0.5, 0.6) is 0 Å². The molecule has 0 amide bonds. The molecule has 0 heteroatoms. The minimum absolute atomic E-state index is 0.651. The molecule has 2 aliphatic rings. The van der Waals surface area contributed by atoms with Crippen LogP contribution >= 0.6 is 0 Å². The van der Waals surface area contributed by atoms with Crippen molar-refractivity contribution in [1.82, 2.24) is 0 Å².